The van der Waals surface area contributed by atoms with Crippen LogP contribution in [0.4, 0.5) is 0 Å². The molecule has 0 heterocycles. The van der Waals surface area contributed by atoms with E-state index in [0.717, 1.165) is 47.1 Å². The predicted molar refractivity (Wildman–Crippen MR) is 312 cm³/mol. The molecule has 8 aromatic rings. The van der Waals surface area contributed by atoms with Crippen LogP contribution < -0.4 is 0 Å². The topological polar surface area (TPSA) is 40.5 Å². The fourth-order valence-corrected chi connectivity index (χ4v) is 11.0. The fraction of sp³-hybridized carbons (Fsp3) is 0.200. The maximum Gasteiger partial charge on any atom is 0.166 e. The molecule has 0 saturated heterocycles. The van der Waals surface area contributed by atoms with E-state index in [2.05, 4.69) is 222 Å². The lowest BCUT2D eigenvalue weighted by Crippen LogP contribution is -2.28. The van der Waals surface area contributed by atoms with Gasteiger partial charge in [0.15, 0.2) is 11.5 Å². The SMILES string of the molecule is C=CCc1ccc(C)cc1CC(C)C(=C)CCC.C=Cc1c(O)c(O)c(-c2ccc3c(c2)C(c2ccccc2)(c2ccccc2)c2cc(C)c4ccccc4c2-3)c(C=C)c1C=C.Cc1cc(C)c(C)c(C)c1. The van der Waals surface area contributed by atoms with Crippen molar-refractivity contribution < 1.29 is 10.2 Å². The van der Waals surface area contributed by atoms with Crippen molar-refractivity contribution in [2.75, 3.05) is 0 Å². The summed E-state index contributed by atoms with van der Waals surface area (Å²) in [7, 11) is 0. The number of phenols is 2. The van der Waals surface area contributed by atoms with Gasteiger partial charge >= 0.3 is 0 Å². The van der Waals surface area contributed by atoms with Crippen LogP contribution in [0.5, 0.6) is 11.5 Å². The number of phenolic OH excluding ortho intramolecular Hbond substituents is 2. The minimum absolute atomic E-state index is 0.206. The summed E-state index contributed by atoms with van der Waals surface area (Å²) in [6, 6.07) is 49.8. The molecule has 0 bridgehead atoms. The highest BCUT2D eigenvalue weighted by molar-refractivity contribution is 6.06. The number of aromatic hydroxyl groups is 2. The lowest BCUT2D eigenvalue weighted by molar-refractivity contribution is 0.404. The molecule has 0 spiro atoms. The van der Waals surface area contributed by atoms with Crippen LogP contribution >= 0.6 is 0 Å². The Hall–Kier alpha value is -7.68. The van der Waals surface area contributed by atoms with E-state index in [-0.39, 0.29) is 11.5 Å². The van der Waals surface area contributed by atoms with Crippen molar-refractivity contribution in [3.63, 3.8) is 0 Å². The maximum absolute atomic E-state index is 11.5. The molecule has 1 atom stereocenters. The first-order valence-corrected chi connectivity index (χ1v) is 25.4. The molecule has 1 aliphatic carbocycles. The maximum atomic E-state index is 11.5. The van der Waals surface area contributed by atoms with Crippen LogP contribution in [-0.4, -0.2) is 10.2 Å². The monoisotopic (exact) mass is 945 g/mol. The van der Waals surface area contributed by atoms with Crippen molar-refractivity contribution in [2.24, 2.45) is 5.92 Å². The Morgan fingerprint density at radius 2 is 1.14 bits per heavy atom. The second kappa shape index (κ2) is 22.6. The third-order valence-electron chi connectivity index (χ3n) is 14.8. The van der Waals surface area contributed by atoms with Gasteiger partial charge in [-0.3, -0.25) is 0 Å². The minimum Gasteiger partial charge on any atom is -0.504 e. The van der Waals surface area contributed by atoms with E-state index in [1.165, 1.54) is 84.5 Å². The van der Waals surface area contributed by atoms with Gasteiger partial charge in [-0.15, -0.1) is 6.58 Å². The van der Waals surface area contributed by atoms with Crippen LogP contribution in [0.15, 0.2) is 184 Å². The molecule has 364 valence electrons. The first-order chi connectivity index (χ1) is 34.7. The van der Waals surface area contributed by atoms with E-state index in [0.29, 0.717) is 28.2 Å². The summed E-state index contributed by atoms with van der Waals surface area (Å²) in [5.74, 6) is 0.135. The third-order valence-corrected chi connectivity index (χ3v) is 14.8. The third kappa shape index (κ3) is 9.97. The minimum atomic E-state index is -0.633. The van der Waals surface area contributed by atoms with Crippen LogP contribution in [0.1, 0.15) is 110 Å². The Labute approximate surface area is 430 Å². The van der Waals surface area contributed by atoms with Crippen LogP contribution in [0.3, 0.4) is 0 Å². The number of fused-ring (bicyclic) bond motifs is 5. The highest BCUT2D eigenvalue weighted by Crippen LogP contribution is 2.59. The number of aryl methyl sites for hydroxylation is 5. The van der Waals surface area contributed by atoms with Crippen LogP contribution in [-0.2, 0) is 18.3 Å². The average Bonchev–Trinajstić information content (AvgIpc) is 3.67. The molecule has 8 aromatic carbocycles. The zero-order valence-corrected chi connectivity index (χ0v) is 43.9. The molecule has 9 rings (SSSR count). The standard InChI is InChI=1S/C42H32O2.C18H26.C10H14/c1-5-30-31(6-2)38(41(44)40(43)32(30)7-3)27-22-23-35-36(25-27)42(28-16-10-8-11-17-28,29-18-12-9-13-19-29)37-24-26(4)33-20-14-15-21-34(33)39(35)37;1-6-8-15(4)16(5)13-18-12-14(3)10-11-17(18)9-7-2;1-7-5-8(2)10(4)9(3)6-7/h5-25,43-44H,1-3H2,4H3;7,10-12,16H,2,4,6,8-9,13H2,1,3,5H3;5-6H,1-4H3. The van der Waals surface area contributed by atoms with Gasteiger partial charge in [0, 0.05) is 11.1 Å². The average molecular weight is 945 g/mol. The molecule has 0 aliphatic heterocycles. The first kappa shape index (κ1) is 52.2. The van der Waals surface area contributed by atoms with Gasteiger partial charge in [0.2, 0.25) is 0 Å². The van der Waals surface area contributed by atoms with Crippen molar-refractivity contribution in [3.05, 3.63) is 268 Å². The number of hydrogen-bond acceptors (Lipinski definition) is 2. The van der Waals surface area contributed by atoms with Gasteiger partial charge in [0.1, 0.15) is 0 Å². The molecule has 0 fully saturated rings. The Balaban J connectivity index is 0.000000222. The second-order valence-electron chi connectivity index (χ2n) is 19.6. The van der Waals surface area contributed by atoms with Gasteiger partial charge in [0.25, 0.3) is 0 Å². The molecule has 1 aliphatic rings. The van der Waals surface area contributed by atoms with Crippen molar-refractivity contribution in [2.45, 2.75) is 86.5 Å². The van der Waals surface area contributed by atoms with Gasteiger partial charge in [-0.05, 0) is 167 Å². The largest absolute Gasteiger partial charge is 0.504 e. The van der Waals surface area contributed by atoms with Crippen molar-refractivity contribution >= 4 is 29.0 Å². The number of allylic oxidation sites excluding steroid dienone is 2. The Kier molecular flexibility index (Phi) is 16.4. The van der Waals surface area contributed by atoms with E-state index in [9.17, 15) is 10.2 Å². The first-order valence-electron chi connectivity index (χ1n) is 25.4. The molecule has 0 amide bonds. The lowest BCUT2D eigenvalue weighted by atomic mass is 9.67. The van der Waals surface area contributed by atoms with Gasteiger partial charge in [0.05, 0.1) is 5.41 Å². The normalized spacial score (nSPS) is 12.3. The summed E-state index contributed by atoms with van der Waals surface area (Å²) < 4.78 is 0. The predicted octanol–water partition coefficient (Wildman–Crippen LogP) is 18.7. The van der Waals surface area contributed by atoms with Gasteiger partial charge in [-0.25, -0.2) is 0 Å². The van der Waals surface area contributed by atoms with E-state index in [1.54, 1.807) is 12.2 Å². The fourth-order valence-electron chi connectivity index (χ4n) is 11.0. The summed E-state index contributed by atoms with van der Waals surface area (Å²) in [6.07, 6.45) is 11.3. The quantitative estimate of drug-likeness (QED) is 0.0893. The van der Waals surface area contributed by atoms with Crippen LogP contribution in [0.2, 0.25) is 0 Å². The molecular formula is C70H72O2. The zero-order valence-electron chi connectivity index (χ0n) is 43.9. The molecular weight excluding hydrogens is 873 g/mol. The van der Waals surface area contributed by atoms with Crippen molar-refractivity contribution in [1.29, 1.82) is 0 Å². The van der Waals surface area contributed by atoms with E-state index in [4.69, 9.17) is 0 Å². The highest BCUT2D eigenvalue weighted by atomic mass is 16.3. The summed E-state index contributed by atoms with van der Waals surface area (Å²) in [5, 5.41) is 25.0. The molecule has 0 aromatic heterocycles. The van der Waals surface area contributed by atoms with Crippen molar-refractivity contribution in [1.82, 2.24) is 0 Å². The van der Waals surface area contributed by atoms with Gasteiger partial charge < -0.3 is 10.2 Å². The summed E-state index contributed by atoms with van der Waals surface area (Å²) in [5.41, 5.74) is 21.8. The van der Waals surface area contributed by atoms with E-state index >= 15 is 0 Å². The molecule has 72 heavy (non-hydrogen) atoms. The second-order valence-corrected chi connectivity index (χ2v) is 19.6. The Morgan fingerprint density at radius 3 is 1.71 bits per heavy atom. The number of rotatable bonds is 13. The summed E-state index contributed by atoms with van der Waals surface area (Å²) in [4.78, 5) is 0. The number of hydrogen-bond donors (Lipinski definition) is 2. The Morgan fingerprint density at radius 1 is 0.556 bits per heavy atom. The van der Waals surface area contributed by atoms with Gasteiger partial charge in [-0.1, -0.05) is 221 Å². The van der Waals surface area contributed by atoms with Crippen LogP contribution in [0.25, 0.3) is 51.3 Å². The molecule has 0 saturated carbocycles. The molecule has 2 nitrogen and oxygen atoms in total. The molecule has 1 unspecified atom stereocenters. The lowest BCUT2D eigenvalue weighted by Gasteiger charge is -2.34. The highest BCUT2D eigenvalue weighted by Gasteiger charge is 2.47. The van der Waals surface area contributed by atoms with E-state index < -0.39 is 5.41 Å². The van der Waals surface area contributed by atoms with Gasteiger partial charge in [-0.2, -0.15) is 0 Å². The molecule has 2 heteroatoms. The van der Waals surface area contributed by atoms with Crippen molar-refractivity contribution in [3.8, 4) is 33.8 Å². The number of benzene rings is 8. The summed E-state index contributed by atoms with van der Waals surface area (Å²) in [6.45, 7) is 37.5. The summed E-state index contributed by atoms with van der Waals surface area (Å²) >= 11 is 0. The molecule has 0 radical (unpaired) electrons. The van der Waals surface area contributed by atoms with Crippen LogP contribution in [0, 0.1) is 47.5 Å². The zero-order chi connectivity index (χ0) is 51.9. The van der Waals surface area contributed by atoms with E-state index in [1.807, 2.05) is 12.1 Å². The Bertz CT molecular complexity index is 3260. The smallest absolute Gasteiger partial charge is 0.166 e. The molecule has 2 N–H and O–H groups in total.